The second kappa shape index (κ2) is 5.09. The van der Waals surface area contributed by atoms with Gasteiger partial charge in [-0.3, -0.25) is 0 Å². The van der Waals surface area contributed by atoms with Crippen LogP contribution in [0.15, 0.2) is 24.4 Å². The van der Waals surface area contributed by atoms with Crippen LogP contribution in [0, 0.1) is 0 Å². The van der Waals surface area contributed by atoms with Gasteiger partial charge >= 0.3 is 0 Å². The van der Waals surface area contributed by atoms with Crippen molar-refractivity contribution in [2.75, 3.05) is 18.0 Å². The minimum Gasteiger partial charge on any atom is -0.350 e. The molecule has 1 N–H and O–H groups in total. The number of imidazole rings is 1. The van der Waals surface area contributed by atoms with Crippen LogP contribution in [-0.4, -0.2) is 28.0 Å². The van der Waals surface area contributed by atoms with E-state index >= 15 is 0 Å². The number of hydrogen-bond acceptors (Lipinski definition) is 3. The van der Waals surface area contributed by atoms with E-state index in [-0.39, 0.29) is 5.54 Å². The molecule has 2 aromatic heterocycles. The second-order valence-electron chi connectivity index (χ2n) is 6.16. The number of nitrogens with one attached hydrogen (secondary N) is 1. The average Bonchev–Trinajstić information content (AvgIpc) is 2.95. The number of aromatic nitrogens is 2. The van der Waals surface area contributed by atoms with Crippen LogP contribution < -0.4 is 10.2 Å². The van der Waals surface area contributed by atoms with E-state index in [2.05, 4.69) is 59.8 Å². The number of nitrogens with zero attached hydrogens (tertiary/aromatic N) is 3. The van der Waals surface area contributed by atoms with Crippen LogP contribution >= 0.6 is 0 Å². The normalized spacial score (nSPS) is 18.1. The molecule has 3 rings (SSSR count). The van der Waals surface area contributed by atoms with Crippen molar-refractivity contribution < 1.29 is 0 Å². The van der Waals surface area contributed by atoms with E-state index in [1.54, 1.807) is 0 Å². The number of hydrogen-bond donors (Lipinski definition) is 1. The Morgan fingerprint density at radius 1 is 1.35 bits per heavy atom. The summed E-state index contributed by atoms with van der Waals surface area (Å²) < 4.78 is 2.21. The van der Waals surface area contributed by atoms with Crippen molar-refractivity contribution in [3.63, 3.8) is 0 Å². The van der Waals surface area contributed by atoms with E-state index in [1.165, 1.54) is 18.5 Å². The molecule has 108 valence electrons. The summed E-state index contributed by atoms with van der Waals surface area (Å²) in [6, 6.07) is 6.21. The molecule has 20 heavy (non-hydrogen) atoms. The summed E-state index contributed by atoms with van der Waals surface area (Å²) in [7, 11) is 0. The fourth-order valence-electron chi connectivity index (χ4n) is 3.16. The summed E-state index contributed by atoms with van der Waals surface area (Å²) in [4.78, 5) is 7.37. The van der Waals surface area contributed by atoms with Crippen molar-refractivity contribution in [2.24, 2.45) is 0 Å². The number of rotatable bonds is 4. The molecule has 4 nitrogen and oxygen atoms in total. The molecule has 0 aromatic carbocycles. The highest BCUT2D eigenvalue weighted by atomic mass is 15.3. The molecule has 1 aliphatic rings. The summed E-state index contributed by atoms with van der Waals surface area (Å²) >= 11 is 0. The first-order valence-electron chi connectivity index (χ1n) is 7.58. The molecule has 0 aliphatic carbocycles. The lowest BCUT2D eigenvalue weighted by molar-refractivity contribution is 0.512. The van der Waals surface area contributed by atoms with Gasteiger partial charge in [-0.05, 0) is 45.4 Å². The van der Waals surface area contributed by atoms with Crippen molar-refractivity contribution in [3.8, 4) is 0 Å². The van der Waals surface area contributed by atoms with Gasteiger partial charge in [-0.15, -0.1) is 0 Å². The topological polar surface area (TPSA) is 32.6 Å². The molecule has 0 spiro atoms. The largest absolute Gasteiger partial charge is 0.350 e. The fourth-order valence-corrected chi connectivity index (χ4v) is 3.16. The Labute approximate surface area is 120 Å². The molecule has 4 heteroatoms. The number of pyridine rings is 1. The quantitative estimate of drug-likeness (QED) is 0.929. The van der Waals surface area contributed by atoms with Crippen molar-refractivity contribution in [1.29, 1.82) is 0 Å². The van der Waals surface area contributed by atoms with Crippen LogP contribution in [0.3, 0.4) is 0 Å². The van der Waals surface area contributed by atoms with Gasteiger partial charge < -0.3 is 14.6 Å². The zero-order valence-electron chi connectivity index (χ0n) is 12.7. The Kier molecular flexibility index (Phi) is 3.42. The predicted octanol–water partition coefficient (Wildman–Crippen LogP) is 2.82. The summed E-state index contributed by atoms with van der Waals surface area (Å²) in [5.41, 5.74) is 2.52. The lowest BCUT2D eigenvalue weighted by atomic mass is 10.0. The van der Waals surface area contributed by atoms with E-state index in [9.17, 15) is 0 Å². The Bertz CT molecular complexity index is 600. The molecular formula is C16H24N4. The maximum atomic E-state index is 4.89. The second-order valence-corrected chi connectivity index (χ2v) is 6.16. The Morgan fingerprint density at radius 3 is 2.90 bits per heavy atom. The van der Waals surface area contributed by atoms with Crippen molar-refractivity contribution in [2.45, 2.75) is 45.7 Å². The summed E-state index contributed by atoms with van der Waals surface area (Å²) in [6.07, 6.45) is 4.60. The molecule has 0 amide bonds. The van der Waals surface area contributed by atoms with Gasteiger partial charge in [0, 0.05) is 24.8 Å². The van der Waals surface area contributed by atoms with Crippen molar-refractivity contribution >= 4 is 11.5 Å². The molecule has 1 aliphatic heterocycles. The van der Waals surface area contributed by atoms with Gasteiger partial charge in [0.2, 0.25) is 0 Å². The number of fused-ring (bicyclic) bond motifs is 1. The average molecular weight is 272 g/mol. The van der Waals surface area contributed by atoms with Crippen LogP contribution in [0.1, 0.15) is 39.3 Å². The summed E-state index contributed by atoms with van der Waals surface area (Å²) in [6.45, 7) is 9.73. The third-order valence-corrected chi connectivity index (χ3v) is 4.31. The minimum atomic E-state index is 0.207. The molecule has 0 radical (unpaired) electrons. The highest BCUT2D eigenvalue weighted by molar-refractivity contribution is 5.57. The molecule has 0 atom stereocenters. The molecule has 1 fully saturated rings. The standard InChI is InChI=1S/C16H24N4/c1-4-17-12-13-15(20-11-7-9-16(20,2)3)18-14-8-5-6-10-19(13)14/h5-6,8,10,17H,4,7,9,11-12H2,1-3H3. The van der Waals surface area contributed by atoms with E-state index in [4.69, 9.17) is 4.98 Å². The fraction of sp³-hybridized carbons (Fsp3) is 0.562. The maximum absolute atomic E-state index is 4.89. The first kappa shape index (κ1) is 13.4. The lowest BCUT2D eigenvalue weighted by Gasteiger charge is -2.32. The van der Waals surface area contributed by atoms with E-state index in [0.717, 1.165) is 31.1 Å². The smallest absolute Gasteiger partial charge is 0.152 e. The van der Waals surface area contributed by atoms with Gasteiger partial charge in [-0.2, -0.15) is 0 Å². The molecule has 0 saturated carbocycles. The highest BCUT2D eigenvalue weighted by Gasteiger charge is 2.35. The van der Waals surface area contributed by atoms with Crippen LogP contribution in [-0.2, 0) is 6.54 Å². The molecule has 0 bridgehead atoms. The van der Waals surface area contributed by atoms with E-state index in [0.29, 0.717) is 0 Å². The first-order valence-corrected chi connectivity index (χ1v) is 7.58. The predicted molar refractivity (Wildman–Crippen MR) is 83.2 cm³/mol. The minimum absolute atomic E-state index is 0.207. The SMILES string of the molecule is CCNCc1c(N2CCCC2(C)C)nc2ccccn12. The van der Waals surface area contributed by atoms with Gasteiger partial charge in [-0.25, -0.2) is 4.98 Å². The van der Waals surface area contributed by atoms with Crippen LogP contribution in [0.2, 0.25) is 0 Å². The van der Waals surface area contributed by atoms with Gasteiger partial charge in [0.05, 0.1) is 5.69 Å². The third kappa shape index (κ3) is 2.18. The van der Waals surface area contributed by atoms with Gasteiger partial charge in [0.15, 0.2) is 5.82 Å². The highest BCUT2D eigenvalue weighted by Crippen LogP contribution is 2.35. The van der Waals surface area contributed by atoms with Crippen LogP contribution in [0.25, 0.3) is 5.65 Å². The van der Waals surface area contributed by atoms with Gasteiger partial charge in [0.1, 0.15) is 5.65 Å². The monoisotopic (exact) mass is 272 g/mol. The van der Waals surface area contributed by atoms with Crippen LogP contribution in [0.5, 0.6) is 0 Å². The van der Waals surface area contributed by atoms with Crippen molar-refractivity contribution in [3.05, 3.63) is 30.1 Å². The third-order valence-electron chi connectivity index (χ3n) is 4.31. The zero-order valence-corrected chi connectivity index (χ0v) is 12.7. The van der Waals surface area contributed by atoms with Crippen molar-refractivity contribution in [1.82, 2.24) is 14.7 Å². The molecular weight excluding hydrogens is 248 g/mol. The molecule has 2 aromatic rings. The molecule has 1 saturated heterocycles. The lowest BCUT2D eigenvalue weighted by Crippen LogP contribution is -2.39. The summed E-state index contributed by atoms with van der Waals surface area (Å²) in [5.74, 6) is 1.15. The molecule has 3 heterocycles. The van der Waals surface area contributed by atoms with Gasteiger partial charge in [-0.1, -0.05) is 13.0 Å². The van der Waals surface area contributed by atoms with E-state index < -0.39 is 0 Å². The maximum Gasteiger partial charge on any atom is 0.152 e. The van der Waals surface area contributed by atoms with E-state index in [1.807, 2.05) is 0 Å². The van der Waals surface area contributed by atoms with Crippen LogP contribution in [0.4, 0.5) is 5.82 Å². The molecule has 0 unspecified atom stereocenters. The number of anilines is 1. The summed E-state index contributed by atoms with van der Waals surface area (Å²) in [5, 5.41) is 3.45. The Morgan fingerprint density at radius 2 is 2.20 bits per heavy atom. The van der Waals surface area contributed by atoms with Gasteiger partial charge in [0.25, 0.3) is 0 Å². The zero-order chi connectivity index (χ0) is 14.2. The Hall–Kier alpha value is -1.55. The Balaban J connectivity index is 2.09. The first-order chi connectivity index (χ1) is 9.63.